The third kappa shape index (κ3) is 6.00. The van der Waals surface area contributed by atoms with E-state index in [9.17, 15) is 10.1 Å². The molecule has 2 heterocycles. The number of benzene rings is 3. The van der Waals surface area contributed by atoms with E-state index in [1.54, 1.807) is 18.6 Å². The minimum Gasteiger partial charge on any atom is -0.456 e. The molecule has 7 nitrogen and oxygen atoms in total. The Bertz CT molecular complexity index is 1430. The molecule has 1 N–H and O–H groups in total. The number of nitriles is 1. The van der Waals surface area contributed by atoms with E-state index >= 15 is 0 Å². The van der Waals surface area contributed by atoms with Crippen LogP contribution < -0.4 is 10.1 Å². The molecule has 4 aromatic rings. The number of hydrogen-bond donors (Lipinski definition) is 1. The largest absolute Gasteiger partial charge is 0.456 e. The summed E-state index contributed by atoms with van der Waals surface area (Å²) < 4.78 is 8.00. The Morgan fingerprint density at radius 1 is 1.05 bits per heavy atom. The highest BCUT2D eigenvalue weighted by atomic mass is 35.5. The van der Waals surface area contributed by atoms with Gasteiger partial charge in [-0.2, -0.15) is 5.26 Å². The van der Waals surface area contributed by atoms with E-state index in [0.29, 0.717) is 48.3 Å². The summed E-state index contributed by atoms with van der Waals surface area (Å²) in [7, 11) is 0. The molecule has 1 fully saturated rings. The van der Waals surface area contributed by atoms with Crippen LogP contribution in [-0.2, 0) is 24.4 Å². The van der Waals surface area contributed by atoms with Gasteiger partial charge in [0.25, 0.3) is 0 Å². The first kappa shape index (κ1) is 24.6. The number of aromatic nitrogens is 2. The van der Waals surface area contributed by atoms with Gasteiger partial charge < -0.3 is 19.5 Å². The van der Waals surface area contributed by atoms with Crippen LogP contribution in [0.15, 0.2) is 85.3 Å². The fourth-order valence-electron chi connectivity index (χ4n) is 4.46. The maximum absolute atomic E-state index is 12.9. The average molecular weight is 512 g/mol. The second kappa shape index (κ2) is 11.3. The van der Waals surface area contributed by atoms with Crippen LogP contribution in [0.4, 0.5) is 0 Å². The number of imidazole rings is 1. The van der Waals surface area contributed by atoms with Crippen LogP contribution in [0, 0.1) is 11.3 Å². The maximum Gasteiger partial charge on any atom is 0.240 e. The summed E-state index contributed by atoms with van der Waals surface area (Å²) in [6, 6.07) is 24.6. The van der Waals surface area contributed by atoms with Crippen LogP contribution in [0.1, 0.15) is 28.8 Å². The number of para-hydroxylation sites is 1. The number of halogens is 1. The van der Waals surface area contributed by atoms with Crippen molar-refractivity contribution in [1.82, 2.24) is 19.8 Å². The van der Waals surface area contributed by atoms with E-state index in [0.717, 1.165) is 23.2 Å². The Balaban J connectivity index is 1.21. The minimum absolute atomic E-state index is 0.0980. The van der Waals surface area contributed by atoms with Gasteiger partial charge in [0.15, 0.2) is 0 Å². The number of likely N-dealkylation sites (tertiary alicyclic amines) is 1. The molecule has 37 heavy (non-hydrogen) atoms. The fourth-order valence-corrected chi connectivity index (χ4v) is 4.67. The van der Waals surface area contributed by atoms with E-state index < -0.39 is 0 Å². The number of nitrogens with zero attached hydrogens (tertiary/aromatic N) is 4. The molecule has 0 aliphatic carbocycles. The molecule has 0 spiro atoms. The highest BCUT2D eigenvalue weighted by molar-refractivity contribution is 6.30. The van der Waals surface area contributed by atoms with Gasteiger partial charge in [0.1, 0.15) is 17.6 Å². The van der Waals surface area contributed by atoms with Crippen LogP contribution in [0.2, 0.25) is 5.02 Å². The Kier molecular flexibility index (Phi) is 7.50. The van der Waals surface area contributed by atoms with Crippen molar-refractivity contribution in [1.29, 1.82) is 5.26 Å². The first-order valence-corrected chi connectivity index (χ1v) is 12.5. The molecule has 186 valence electrons. The van der Waals surface area contributed by atoms with Gasteiger partial charge in [-0.15, -0.1) is 0 Å². The molecule has 1 aliphatic rings. The van der Waals surface area contributed by atoms with Crippen LogP contribution >= 0.6 is 11.6 Å². The molecule has 0 radical (unpaired) electrons. The predicted molar refractivity (Wildman–Crippen MR) is 141 cm³/mol. The second-order valence-corrected chi connectivity index (χ2v) is 9.42. The van der Waals surface area contributed by atoms with Crippen molar-refractivity contribution in [3.8, 4) is 17.6 Å². The molecule has 1 saturated heterocycles. The number of hydrogen-bond acceptors (Lipinski definition) is 5. The molecule has 1 aromatic heterocycles. The van der Waals surface area contributed by atoms with Crippen molar-refractivity contribution in [3.63, 3.8) is 0 Å². The third-order valence-electron chi connectivity index (χ3n) is 6.38. The minimum atomic E-state index is -0.233. The first-order valence-electron chi connectivity index (χ1n) is 12.1. The summed E-state index contributed by atoms with van der Waals surface area (Å²) in [6.45, 7) is 2.34. The first-order chi connectivity index (χ1) is 18.1. The highest BCUT2D eigenvalue weighted by Crippen LogP contribution is 2.27. The molecule has 1 atom stereocenters. The molecule has 1 amide bonds. The van der Waals surface area contributed by atoms with Gasteiger partial charge in [-0.25, -0.2) is 4.98 Å². The third-order valence-corrected chi connectivity index (χ3v) is 6.61. The van der Waals surface area contributed by atoms with Gasteiger partial charge in [0.2, 0.25) is 5.91 Å². The van der Waals surface area contributed by atoms with Gasteiger partial charge in [-0.3, -0.25) is 4.79 Å². The molecular weight excluding hydrogens is 486 g/mol. The van der Waals surface area contributed by atoms with E-state index in [-0.39, 0.29) is 11.9 Å². The van der Waals surface area contributed by atoms with E-state index in [1.807, 2.05) is 76.2 Å². The quantitative estimate of drug-likeness (QED) is 0.336. The van der Waals surface area contributed by atoms with Crippen molar-refractivity contribution < 1.29 is 9.53 Å². The highest BCUT2D eigenvalue weighted by Gasteiger charge is 2.31. The molecule has 5 rings (SSSR count). The SMILES string of the molecule is N#Cc1ccc(Cn2cncc2CN[C@@H]2CCN(Cc3cccc(Cl)c3)C2=O)cc1Oc1ccccc1. The lowest BCUT2D eigenvalue weighted by atomic mass is 10.1. The van der Waals surface area contributed by atoms with Crippen molar-refractivity contribution >= 4 is 17.5 Å². The molecule has 0 unspecified atom stereocenters. The molecule has 8 heteroatoms. The van der Waals surface area contributed by atoms with E-state index in [1.165, 1.54) is 0 Å². The summed E-state index contributed by atoms with van der Waals surface area (Å²) in [5.74, 6) is 1.29. The standard InChI is InChI=1S/C29H26ClN5O2/c30-24-6-4-5-21(13-24)18-34-12-11-27(29(34)36)33-17-25-16-32-20-35(25)19-22-9-10-23(15-31)28(14-22)37-26-7-2-1-3-8-26/h1-10,13-14,16,20,27,33H,11-12,17-19H2/t27-/m1/s1. The van der Waals surface area contributed by atoms with Crippen LogP contribution in [0.3, 0.4) is 0 Å². The van der Waals surface area contributed by atoms with Crippen molar-refractivity contribution in [2.45, 2.75) is 32.1 Å². The van der Waals surface area contributed by atoms with E-state index in [4.69, 9.17) is 16.3 Å². The summed E-state index contributed by atoms with van der Waals surface area (Å²) in [6.07, 6.45) is 4.33. The molecule has 0 saturated carbocycles. The van der Waals surface area contributed by atoms with Crippen LogP contribution in [0.25, 0.3) is 0 Å². The Morgan fingerprint density at radius 2 is 1.89 bits per heavy atom. The summed E-state index contributed by atoms with van der Waals surface area (Å²) in [5.41, 5.74) is 3.45. The second-order valence-electron chi connectivity index (χ2n) is 8.98. The summed E-state index contributed by atoms with van der Waals surface area (Å²) in [5, 5.41) is 13.6. The molecule has 1 aliphatic heterocycles. The Hall–Kier alpha value is -4.12. The summed E-state index contributed by atoms with van der Waals surface area (Å²) >= 11 is 6.09. The predicted octanol–water partition coefficient (Wildman–Crippen LogP) is 5.14. The van der Waals surface area contributed by atoms with Crippen molar-refractivity contribution in [2.24, 2.45) is 0 Å². The van der Waals surface area contributed by atoms with Gasteiger partial charge >= 0.3 is 0 Å². The monoisotopic (exact) mass is 511 g/mol. The molecule has 3 aromatic carbocycles. The number of amides is 1. The van der Waals surface area contributed by atoms with Gasteiger partial charge in [0, 0.05) is 37.4 Å². The lowest BCUT2D eigenvalue weighted by Gasteiger charge is -2.18. The number of carbonyl (C=O) groups excluding carboxylic acids is 1. The van der Waals surface area contributed by atoms with Crippen molar-refractivity contribution in [2.75, 3.05) is 6.54 Å². The normalized spacial score (nSPS) is 15.1. The number of ether oxygens (including phenoxy) is 1. The fraction of sp³-hybridized carbons (Fsp3) is 0.207. The average Bonchev–Trinajstić information content (AvgIpc) is 3.49. The van der Waals surface area contributed by atoms with Gasteiger partial charge in [-0.1, -0.05) is 48.0 Å². The number of nitrogens with one attached hydrogen (secondary N) is 1. The van der Waals surface area contributed by atoms with Gasteiger partial charge in [-0.05, 0) is 53.9 Å². The summed E-state index contributed by atoms with van der Waals surface area (Å²) in [4.78, 5) is 19.1. The zero-order chi connectivity index (χ0) is 25.6. The zero-order valence-corrected chi connectivity index (χ0v) is 20.9. The lowest BCUT2D eigenvalue weighted by molar-refractivity contribution is -0.129. The Labute approximate surface area is 220 Å². The Morgan fingerprint density at radius 3 is 2.70 bits per heavy atom. The van der Waals surface area contributed by atoms with Crippen LogP contribution in [-0.4, -0.2) is 32.9 Å². The topological polar surface area (TPSA) is 83.2 Å². The smallest absolute Gasteiger partial charge is 0.240 e. The number of rotatable bonds is 9. The van der Waals surface area contributed by atoms with Crippen molar-refractivity contribution in [3.05, 3.63) is 113 Å². The maximum atomic E-state index is 12.9. The molecular formula is C29H26ClN5O2. The van der Waals surface area contributed by atoms with Gasteiger partial charge in [0.05, 0.1) is 23.6 Å². The molecule has 0 bridgehead atoms. The van der Waals surface area contributed by atoms with E-state index in [2.05, 4.69) is 16.4 Å². The van der Waals surface area contributed by atoms with Crippen LogP contribution in [0.5, 0.6) is 11.5 Å². The lowest BCUT2D eigenvalue weighted by Crippen LogP contribution is -2.38. The number of carbonyl (C=O) groups is 1. The zero-order valence-electron chi connectivity index (χ0n) is 20.2.